The Labute approximate surface area is 103 Å². The van der Waals surface area contributed by atoms with Crippen molar-refractivity contribution in [1.29, 1.82) is 0 Å². The fraction of sp³-hybridized carbons (Fsp3) is 0.0714. The fourth-order valence-electron chi connectivity index (χ4n) is 1.85. The van der Waals surface area contributed by atoms with E-state index in [1.807, 2.05) is 13.0 Å². The van der Waals surface area contributed by atoms with Crippen molar-refractivity contribution in [2.45, 2.75) is 6.92 Å². The highest BCUT2D eigenvalue weighted by atomic mass is 19.1. The first-order valence-electron chi connectivity index (χ1n) is 5.56. The molecule has 2 N–H and O–H groups in total. The summed E-state index contributed by atoms with van der Waals surface area (Å²) in [5.41, 5.74) is 8.71. The lowest BCUT2D eigenvalue weighted by Gasteiger charge is -1.98. The van der Waals surface area contributed by atoms with Crippen LogP contribution in [0.4, 0.5) is 10.1 Å². The molecule has 90 valence electrons. The summed E-state index contributed by atoms with van der Waals surface area (Å²) in [6, 6.07) is 10.1. The van der Waals surface area contributed by atoms with E-state index in [0.717, 1.165) is 5.56 Å². The Morgan fingerprint density at radius 3 is 2.78 bits per heavy atom. The molecule has 1 aromatic heterocycles. The molecular formula is C14H11FN2O. The zero-order valence-corrected chi connectivity index (χ0v) is 9.77. The highest BCUT2D eigenvalue weighted by Gasteiger charge is 2.12. The van der Waals surface area contributed by atoms with E-state index in [-0.39, 0.29) is 11.7 Å². The number of aryl methyl sites for hydroxylation is 1. The Kier molecular flexibility index (Phi) is 2.30. The summed E-state index contributed by atoms with van der Waals surface area (Å²) in [6.45, 7) is 1.83. The minimum absolute atomic E-state index is 0.271. The van der Waals surface area contributed by atoms with Crippen LogP contribution in [0, 0.1) is 12.7 Å². The molecule has 0 unspecified atom stereocenters. The van der Waals surface area contributed by atoms with Crippen molar-refractivity contribution in [2.75, 3.05) is 5.73 Å². The third-order valence-electron chi connectivity index (χ3n) is 2.77. The van der Waals surface area contributed by atoms with Gasteiger partial charge in [-0.05, 0) is 42.8 Å². The Morgan fingerprint density at radius 1 is 1.17 bits per heavy atom. The van der Waals surface area contributed by atoms with E-state index in [9.17, 15) is 4.39 Å². The van der Waals surface area contributed by atoms with Gasteiger partial charge in [-0.15, -0.1) is 0 Å². The van der Waals surface area contributed by atoms with Gasteiger partial charge in [0.2, 0.25) is 5.89 Å². The van der Waals surface area contributed by atoms with Crippen LogP contribution in [0.25, 0.3) is 22.6 Å². The Morgan fingerprint density at radius 2 is 2.00 bits per heavy atom. The molecule has 4 heteroatoms. The maximum absolute atomic E-state index is 13.8. The number of nitrogens with zero attached hydrogens (tertiary/aromatic N) is 1. The first-order valence-corrected chi connectivity index (χ1v) is 5.56. The number of fused-ring (bicyclic) bond motifs is 1. The van der Waals surface area contributed by atoms with Crippen LogP contribution in [0.3, 0.4) is 0 Å². The van der Waals surface area contributed by atoms with Gasteiger partial charge >= 0.3 is 0 Å². The third-order valence-corrected chi connectivity index (χ3v) is 2.77. The lowest BCUT2D eigenvalue weighted by molar-refractivity contribution is 0.593. The maximum atomic E-state index is 13.8. The van der Waals surface area contributed by atoms with E-state index in [4.69, 9.17) is 10.2 Å². The molecule has 1 heterocycles. The summed E-state index contributed by atoms with van der Waals surface area (Å²) < 4.78 is 19.3. The third kappa shape index (κ3) is 1.72. The quantitative estimate of drug-likeness (QED) is 0.664. The average molecular weight is 242 g/mol. The minimum Gasteiger partial charge on any atom is -0.436 e. The molecule has 0 radical (unpaired) electrons. The monoisotopic (exact) mass is 242 g/mol. The molecule has 0 saturated carbocycles. The molecule has 0 aliphatic carbocycles. The first-order chi connectivity index (χ1) is 8.63. The van der Waals surface area contributed by atoms with Gasteiger partial charge in [0.05, 0.1) is 5.56 Å². The van der Waals surface area contributed by atoms with Crippen LogP contribution in [-0.2, 0) is 0 Å². The number of oxazole rings is 1. The molecule has 0 amide bonds. The Hall–Kier alpha value is -2.36. The summed E-state index contributed by atoms with van der Waals surface area (Å²) in [7, 11) is 0. The second kappa shape index (κ2) is 3.84. The molecule has 0 bridgehead atoms. The van der Waals surface area contributed by atoms with E-state index >= 15 is 0 Å². The number of hydrogen-bond acceptors (Lipinski definition) is 3. The zero-order valence-electron chi connectivity index (χ0n) is 9.77. The number of anilines is 1. The lowest BCUT2D eigenvalue weighted by Crippen LogP contribution is -1.85. The van der Waals surface area contributed by atoms with Crippen molar-refractivity contribution < 1.29 is 8.81 Å². The molecule has 0 fully saturated rings. The molecule has 0 aliphatic heterocycles. The van der Waals surface area contributed by atoms with Gasteiger partial charge in [-0.3, -0.25) is 0 Å². The van der Waals surface area contributed by atoms with Gasteiger partial charge in [0.15, 0.2) is 5.58 Å². The van der Waals surface area contributed by atoms with Crippen molar-refractivity contribution >= 4 is 16.8 Å². The highest BCUT2D eigenvalue weighted by molar-refractivity contribution is 5.79. The summed E-state index contributed by atoms with van der Waals surface area (Å²) in [5, 5.41) is 0. The van der Waals surface area contributed by atoms with Crippen molar-refractivity contribution in [3.8, 4) is 11.5 Å². The van der Waals surface area contributed by atoms with Gasteiger partial charge in [0, 0.05) is 5.69 Å². The van der Waals surface area contributed by atoms with Gasteiger partial charge in [0.25, 0.3) is 0 Å². The van der Waals surface area contributed by atoms with Gasteiger partial charge in [-0.1, -0.05) is 6.07 Å². The summed E-state index contributed by atoms with van der Waals surface area (Å²) in [4.78, 5) is 4.25. The number of halogens is 1. The van der Waals surface area contributed by atoms with E-state index in [1.165, 1.54) is 6.07 Å². The largest absolute Gasteiger partial charge is 0.436 e. The lowest BCUT2D eigenvalue weighted by atomic mass is 10.1. The number of rotatable bonds is 1. The molecule has 0 saturated heterocycles. The predicted molar refractivity (Wildman–Crippen MR) is 68.6 cm³/mol. The van der Waals surface area contributed by atoms with Crippen LogP contribution < -0.4 is 5.73 Å². The summed E-state index contributed by atoms with van der Waals surface area (Å²) >= 11 is 0. The average Bonchev–Trinajstić information content (AvgIpc) is 2.71. The van der Waals surface area contributed by atoms with Crippen LogP contribution >= 0.6 is 0 Å². The smallest absolute Gasteiger partial charge is 0.230 e. The van der Waals surface area contributed by atoms with Crippen LogP contribution in [0.5, 0.6) is 0 Å². The molecule has 3 nitrogen and oxygen atoms in total. The number of hydrogen-bond donors (Lipinski definition) is 1. The van der Waals surface area contributed by atoms with Crippen molar-refractivity contribution in [1.82, 2.24) is 4.98 Å². The molecular weight excluding hydrogens is 231 g/mol. The number of aromatic nitrogens is 1. The minimum atomic E-state index is -0.338. The molecule has 3 rings (SSSR count). The van der Waals surface area contributed by atoms with Crippen molar-refractivity contribution in [3.63, 3.8) is 0 Å². The molecule has 0 spiro atoms. The van der Waals surface area contributed by atoms with Gasteiger partial charge in [0.1, 0.15) is 11.3 Å². The summed E-state index contributed by atoms with van der Waals surface area (Å²) in [5.74, 6) is -0.0670. The number of nitrogens with two attached hydrogens (primary N) is 1. The Bertz CT molecular complexity index is 734. The summed E-state index contributed by atoms with van der Waals surface area (Å²) in [6.07, 6.45) is 0. The van der Waals surface area contributed by atoms with Crippen LogP contribution in [0.1, 0.15) is 5.56 Å². The van der Waals surface area contributed by atoms with E-state index in [2.05, 4.69) is 4.98 Å². The maximum Gasteiger partial charge on any atom is 0.230 e. The fourth-order valence-corrected chi connectivity index (χ4v) is 1.85. The SMILES string of the molecule is Cc1ccc(-c2nc3cc(N)ccc3o2)c(F)c1. The molecule has 0 atom stereocenters. The van der Waals surface area contributed by atoms with Crippen molar-refractivity contribution in [3.05, 3.63) is 47.8 Å². The van der Waals surface area contributed by atoms with Gasteiger partial charge in [-0.2, -0.15) is 0 Å². The highest BCUT2D eigenvalue weighted by Crippen LogP contribution is 2.27. The van der Waals surface area contributed by atoms with Crippen LogP contribution in [0.2, 0.25) is 0 Å². The second-order valence-electron chi connectivity index (χ2n) is 4.23. The molecule has 18 heavy (non-hydrogen) atoms. The molecule has 3 aromatic rings. The number of benzene rings is 2. The van der Waals surface area contributed by atoms with E-state index in [1.54, 1.807) is 24.3 Å². The number of nitrogen functional groups attached to an aromatic ring is 1. The van der Waals surface area contributed by atoms with Gasteiger partial charge in [-0.25, -0.2) is 9.37 Å². The van der Waals surface area contributed by atoms with E-state index in [0.29, 0.717) is 22.4 Å². The van der Waals surface area contributed by atoms with Crippen LogP contribution in [-0.4, -0.2) is 4.98 Å². The first kappa shape index (κ1) is 10.8. The topological polar surface area (TPSA) is 52.0 Å². The van der Waals surface area contributed by atoms with Crippen molar-refractivity contribution in [2.24, 2.45) is 0 Å². The van der Waals surface area contributed by atoms with Crippen LogP contribution in [0.15, 0.2) is 40.8 Å². The van der Waals surface area contributed by atoms with Gasteiger partial charge < -0.3 is 10.2 Å². The van der Waals surface area contributed by atoms with E-state index < -0.39 is 0 Å². The molecule has 0 aliphatic rings. The second-order valence-corrected chi connectivity index (χ2v) is 4.23. The molecule has 2 aromatic carbocycles. The normalized spacial score (nSPS) is 11.0. The predicted octanol–water partition coefficient (Wildman–Crippen LogP) is 3.52. The Balaban J connectivity index is 2.19. The zero-order chi connectivity index (χ0) is 12.7. The standard InChI is InChI=1S/C14H11FN2O/c1-8-2-4-10(11(15)6-8)14-17-12-7-9(16)3-5-13(12)18-14/h2-7H,16H2,1H3.